The number of carbonyl (C=O) groups excluding carboxylic acids is 1. The summed E-state index contributed by atoms with van der Waals surface area (Å²) in [5.41, 5.74) is 0.616. The van der Waals surface area contributed by atoms with Crippen molar-refractivity contribution in [3.8, 4) is 5.75 Å². The third-order valence-corrected chi connectivity index (χ3v) is 4.17. The maximum absolute atomic E-state index is 12.5. The lowest BCUT2D eigenvalue weighted by Gasteiger charge is -2.34. The molecule has 0 bridgehead atoms. The molecule has 0 radical (unpaired) electrons. The van der Waals surface area contributed by atoms with Crippen LogP contribution in [-0.4, -0.2) is 63.7 Å². The van der Waals surface area contributed by atoms with E-state index in [2.05, 4.69) is 10.00 Å². The molecule has 1 saturated heterocycles. The molecule has 1 aromatic carbocycles. The normalized spacial score (nSPS) is 15.2. The zero-order valence-corrected chi connectivity index (χ0v) is 13.9. The Kier molecular flexibility index (Phi) is 4.94. The summed E-state index contributed by atoms with van der Waals surface area (Å²) in [5.74, 6) is 0.715. The molecule has 0 N–H and O–H groups in total. The monoisotopic (exact) mass is 345 g/mol. The first-order chi connectivity index (χ1) is 12.1. The highest BCUT2D eigenvalue weighted by atomic mass is 16.6. The summed E-state index contributed by atoms with van der Waals surface area (Å²) in [5, 5.41) is 14.7. The van der Waals surface area contributed by atoms with Crippen LogP contribution in [0, 0.1) is 10.1 Å². The largest absolute Gasteiger partial charge is 0.497 e. The molecule has 0 unspecified atom stereocenters. The Hall–Kier alpha value is -2.94. The summed E-state index contributed by atoms with van der Waals surface area (Å²) in [7, 11) is 1.59. The first kappa shape index (κ1) is 16.9. The van der Waals surface area contributed by atoms with Gasteiger partial charge in [0, 0.05) is 31.7 Å². The van der Waals surface area contributed by atoms with E-state index in [0.29, 0.717) is 38.4 Å². The maximum Gasteiger partial charge on any atom is 0.307 e. The van der Waals surface area contributed by atoms with Gasteiger partial charge in [0.25, 0.3) is 5.91 Å². The standard InChI is InChI=1S/C16H19N5O4/c1-25-15-4-2-13(3-5-15)16(22)19-8-6-18(7-9-19)12-20-11-14(10-17-20)21(23)24/h2-5,10-11H,6-9,12H2,1H3. The second-order valence-electron chi connectivity index (χ2n) is 5.78. The van der Waals surface area contributed by atoms with E-state index in [-0.39, 0.29) is 11.6 Å². The molecular formula is C16H19N5O4. The topological polar surface area (TPSA) is 93.7 Å². The number of methoxy groups -OCH3 is 1. The van der Waals surface area contributed by atoms with Gasteiger partial charge in [0.2, 0.25) is 0 Å². The van der Waals surface area contributed by atoms with E-state index in [0.717, 1.165) is 5.75 Å². The fourth-order valence-corrected chi connectivity index (χ4v) is 2.74. The second kappa shape index (κ2) is 7.31. The van der Waals surface area contributed by atoms with Crippen LogP contribution in [-0.2, 0) is 6.67 Å². The Morgan fingerprint density at radius 1 is 1.24 bits per heavy atom. The molecule has 3 rings (SSSR count). The number of nitro groups is 1. The van der Waals surface area contributed by atoms with E-state index in [9.17, 15) is 14.9 Å². The smallest absolute Gasteiger partial charge is 0.307 e. The van der Waals surface area contributed by atoms with Crippen molar-refractivity contribution in [2.75, 3.05) is 33.3 Å². The lowest BCUT2D eigenvalue weighted by molar-refractivity contribution is -0.385. The van der Waals surface area contributed by atoms with Crippen LogP contribution >= 0.6 is 0 Å². The Balaban J connectivity index is 1.53. The molecule has 2 aromatic rings. The van der Waals surface area contributed by atoms with E-state index in [4.69, 9.17) is 4.74 Å². The fraction of sp³-hybridized carbons (Fsp3) is 0.375. The first-order valence-corrected chi connectivity index (χ1v) is 7.89. The molecule has 0 saturated carbocycles. The fourth-order valence-electron chi connectivity index (χ4n) is 2.74. The van der Waals surface area contributed by atoms with Crippen molar-refractivity contribution in [1.29, 1.82) is 0 Å². The minimum atomic E-state index is -0.463. The maximum atomic E-state index is 12.5. The molecule has 0 aliphatic carbocycles. The average molecular weight is 345 g/mol. The predicted octanol–water partition coefficient (Wildman–Crippen LogP) is 1.22. The van der Waals surface area contributed by atoms with Crippen LogP contribution in [0.25, 0.3) is 0 Å². The summed E-state index contributed by atoms with van der Waals surface area (Å²) in [6, 6.07) is 7.06. The van der Waals surface area contributed by atoms with Gasteiger partial charge in [0.05, 0.1) is 18.7 Å². The average Bonchev–Trinajstić information content (AvgIpc) is 3.11. The van der Waals surface area contributed by atoms with Gasteiger partial charge < -0.3 is 9.64 Å². The van der Waals surface area contributed by atoms with Gasteiger partial charge in [-0.1, -0.05) is 0 Å². The van der Waals surface area contributed by atoms with Gasteiger partial charge in [-0.05, 0) is 24.3 Å². The Morgan fingerprint density at radius 3 is 2.48 bits per heavy atom. The third kappa shape index (κ3) is 3.94. The highest BCUT2D eigenvalue weighted by molar-refractivity contribution is 5.94. The molecule has 25 heavy (non-hydrogen) atoms. The molecular weight excluding hydrogens is 326 g/mol. The minimum absolute atomic E-state index is 0.00275. The number of amides is 1. The molecule has 1 fully saturated rings. The highest BCUT2D eigenvalue weighted by Crippen LogP contribution is 2.15. The molecule has 1 aliphatic heterocycles. The SMILES string of the molecule is COc1ccc(C(=O)N2CCN(Cn3cc([N+](=O)[O-])cn3)CC2)cc1. The molecule has 1 aromatic heterocycles. The van der Waals surface area contributed by atoms with Crippen molar-refractivity contribution in [2.24, 2.45) is 0 Å². The van der Waals surface area contributed by atoms with Crippen LogP contribution in [0.1, 0.15) is 10.4 Å². The molecule has 0 atom stereocenters. The summed E-state index contributed by atoms with van der Waals surface area (Å²) < 4.78 is 6.64. The number of nitrogens with zero attached hydrogens (tertiary/aromatic N) is 5. The van der Waals surface area contributed by atoms with Gasteiger partial charge in [-0.15, -0.1) is 0 Å². The predicted molar refractivity (Wildman–Crippen MR) is 89.4 cm³/mol. The Morgan fingerprint density at radius 2 is 1.92 bits per heavy atom. The summed E-state index contributed by atoms with van der Waals surface area (Å²) in [4.78, 5) is 26.7. The van der Waals surface area contributed by atoms with E-state index >= 15 is 0 Å². The zero-order valence-electron chi connectivity index (χ0n) is 13.9. The lowest BCUT2D eigenvalue weighted by atomic mass is 10.1. The number of ether oxygens (including phenoxy) is 1. The van der Waals surface area contributed by atoms with Crippen LogP contribution < -0.4 is 4.74 Å². The minimum Gasteiger partial charge on any atom is -0.497 e. The molecule has 1 amide bonds. The number of benzene rings is 1. The zero-order chi connectivity index (χ0) is 17.8. The lowest BCUT2D eigenvalue weighted by Crippen LogP contribution is -2.49. The third-order valence-electron chi connectivity index (χ3n) is 4.17. The van der Waals surface area contributed by atoms with Gasteiger partial charge in [0.15, 0.2) is 0 Å². The highest BCUT2D eigenvalue weighted by Gasteiger charge is 2.22. The van der Waals surface area contributed by atoms with Gasteiger partial charge >= 0.3 is 5.69 Å². The first-order valence-electron chi connectivity index (χ1n) is 7.89. The van der Waals surface area contributed by atoms with E-state index in [1.165, 1.54) is 12.4 Å². The number of rotatable bonds is 5. The van der Waals surface area contributed by atoms with Crippen molar-refractivity contribution < 1.29 is 14.5 Å². The van der Waals surface area contributed by atoms with Crippen LogP contribution in [0.15, 0.2) is 36.7 Å². The molecule has 2 heterocycles. The van der Waals surface area contributed by atoms with Crippen molar-refractivity contribution >= 4 is 11.6 Å². The molecule has 0 spiro atoms. The number of hydrogen-bond donors (Lipinski definition) is 0. The van der Waals surface area contributed by atoms with E-state index in [1.54, 1.807) is 36.1 Å². The van der Waals surface area contributed by atoms with Crippen molar-refractivity contribution in [3.05, 3.63) is 52.3 Å². The number of piperazine rings is 1. The molecule has 132 valence electrons. The van der Waals surface area contributed by atoms with Gasteiger partial charge in [-0.25, -0.2) is 0 Å². The van der Waals surface area contributed by atoms with E-state index in [1.807, 2.05) is 4.90 Å². The van der Waals surface area contributed by atoms with Crippen molar-refractivity contribution in [3.63, 3.8) is 0 Å². The van der Waals surface area contributed by atoms with Gasteiger partial charge in [-0.3, -0.25) is 24.5 Å². The summed E-state index contributed by atoms with van der Waals surface area (Å²) >= 11 is 0. The van der Waals surface area contributed by atoms with Crippen molar-refractivity contribution in [2.45, 2.75) is 6.67 Å². The molecule has 1 aliphatic rings. The molecule has 9 nitrogen and oxygen atoms in total. The van der Waals surface area contributed by atoms with Crippen LogP contribution in [0.4, 0.5) is 5.69 Å². The number of hydrogen-bond acceptors (Lipinski definition) is 6. The second-order valence-corrected chi connectivity index (χ2v) is 5.78. The van der Waals surface area contributed by atoms with Crippen LogP contribution in [0.5, 0.6) is 5.75 Å². The number of aromatic nitrogens is 2. The van der Waals surface area contributed by atoms with Crippen molar-refractivity contribution in [1.82, 2.24) is 19.6 Å². The van der Waals surface area contributed by atoms with Crippen LogP contribution in [0.2, 0.25) is 0 Å². The van der Waals surface area contributed by atoms with Gasteiger partial charge in [-0.2, -0.15) is 5.10 Å². The Bertz CT molecular complexity index is 750. The quantitative estimate of drug-likeness (QED) is 0.597. The van der Waals surface area contributed by atoms with Gasteiger partial charge in [0.1, 0.15) is 18.1 Å². The summed E-state index contributed by atoms with van der Waals surface area (Å²) in [6.07, 6.45) is 2.65. The number of carbonyl (C=O) groups is 1. The Labute approximate surface area is 144 Å². The summed E-state index contributed by atoms with van der Waals surface area (Å²) in [6.45, 7) is 3.06. The molecule has 9 heteroatoms. The van der Waals surface area contributed by atoms with Crippen LogP contribution in [0.3, 0.4) is 0 Å². The van der Waals surface area contributed by atoms with E-state index < -0.39 is 4.92 Å².